The molecule has 29 heavy (non-hydrogen) atoms. The lowest BCUT2D eigenvalue weighted by Gasteiger charge is -2.43. The van der Waals surface area contributed by atoms with Crippen LogP contribution >= 0.6 is 11.8 Å². The number of nitrogens with one attached hydrogen (secondary N) is 1. The maximum atomic E-state index is 13.2. The van der Waals surface area contributed by atoms with Gasteiger partial charge in [-0.15, -0.1) is 0 Å². The number of amides is 1. The zero-order chi connectivity index (χ0) is 20.3. The van der Waals surface area contributed by atoms with E-state index in [1.165, 1.54) is 12.1 Å². The van der Waals surface area contributed by atoms with Crippen LogP contribution in [0.3, 0.4) is 0 Å². The molecule has 6 nitrogen and oxygen atoms in total. The van der Waals surface area contributed by atoms with Crippen LogP contribution in [0.25, 0.3) is 5.69 Å². The van der Waals surface area contributed by atoms with Crippen LogP contribution in [0.15, 0.2) is 30.5 Å². The van der Waals surface area contributed by atoms with Gasteiger partial charge in [-0.05, 0) is 42.9 Å². The molecule has 1 unspecified atom stereocenters. The predicted octanol–water partition coefficient (Wildman–Crippen LogP) is 2.51. The number of aromatic nitrogens is 2. The van der Waals surface area contributed by atoms with Crippen LogP contribution in [0.1, 0.15) is 29.4 Å². The Kier molecular flexibility index (Phi) is 6.22. The summed E-state index contributed by atoms with van der Waals surface area (Å²) in [6.45, 7) is 5.97. The van der Waals surface area contributed by atoms with E-state index >= 15 is 0 Å². The molecule has 0 bridgehead atoms. The first-order valence-electron chi connectivity index (χ1n) is 10.1. The largest absolute Gasteiger partial charge is 0.379 e. The first kappa shape index (κ1) is 20.4. The molecular formula is C21H27FN4O2S. The Labute approximate surface area is 174 Å². The van der Waals surface area contributed by atoms with Crippen molar-refractivity contribution in [2.45, 2.75) is 25.3 Å². The van der Waals surface area contributed by atoms with Crippen molar-refractivity contribution in [1.82, 2.24) is 20.0 Å². The summed E-state index contributed by atoms with van der Waals surface area (Å²) in [7, 11) is 0. The zero-order valence-electron chi connectivity index (χ0n) is 16.7. The molecule has 4 rings (SSSR count). The number of hydrogen-bond acceptors (Lipinski definition) is 5. The summed E-state index contributed by atoms with van der Waals surface area (Å²) < 4.78 is 20.5. The number of thioether (sulfide) groups is 1. The number of carbonyl (C=O) groups excluding carboxylic acids is 1. The van der Waals surface area contributed by atoms with Crippen molar-refractivity contribution in [3.8, 4) is 5.69 Å². The van der Waals surface area contributed by atoms with Gasteiger partial charge < -0.3 is 10.1 Å². The van der Waals surface area contributed by atoms with E-state index in [1.807, 2.05) is 18.7 Å². The smallest absolute Gasteiger partial charge is 0.254 e. The first-order chi connectivity index (χ1) is 14.1. The van der Waals surface area contributed by atoms with Gasteiger partial charge in [-0.25, -0.2) is 9.07 Å². The molecule has 1 aromatic heterocycles. The van der Waals surface area contributed by atoms with Gasteiger partial charge in [0.1, 0.15) is 5.82 Å². The third-order valence-corrected chi connectivity index (χ3v) is 7.10. The highest BCUT2D eigenvalue weighted by Crippen LogP contribution is 2.33. The minimum atomic E-state index is -0.292. The topological polar surface area (TPSA) is 59.4 Å². The van der Waals surface area contributed by atoms with Crippen LogP contribution in [-0.2, 0) is 11.2 Å². The molecule has 0 aliphatic carbocycles. The van der Waals surface area contributed by atoms with E-state index < -0.39 is 0 Å². The minimum Gasteiger partial charge on any atom is -0.379 e. The lowest BCUT2D eigenvalue weighted by atomic mass is 9.95. The van der Waals surface area contributed by atoms with Crippen molar-refractivity contribution in [3.63, 3.8) is 0 Å². The molecule has 1 aromatic carbocycles. The Hall–Kier alpha value is -1.90. The number of halogens is 1. The summed E-state index contributed by atoms with van der Waals surface area (Å²) in [5.41, 5.74) is 2.16. The lowest BCUT2D eigenvalue weighted by molar-refractivity contribution is -0.0129. The Bertz CT molecular complexity index is 843. The maximum absolute atomic E-state index is 13.2. The molecule has 0 radical (unpaired) electrons. The highest BCUT2D eigenvalue weighted by atomic mass is 32.2. The van der Waals surface area contributed by atoms with Crippen LogP contribution in [0.4, 0.5) is 4.39 Å². The van der Waals surface area contributed by atoms with Crippen LogP contribution in [0.2, 0.25) is 0 Å². The number of rotatable bonds is 6. The van der Waals surface area contributed by atoms with Gasteiger partial charge >= 0.3 is 0 Å². The number of benzene rings is 1. The normalized spacial score (nSPS) is 22.7. The molecule has 2 fully saturated rings. The third kappa shape index (κ3) is 4.20. The van der Waals surface area contributed by atoms with Crippen LogP contribution in [0, 0.1) is 5.82 Å². The van der Waals surface area contributed by atoms with Gasteiger partial charge in [0, 0.05) is 30.9 Å². The van der Waals surface area contributed by atoms with Crippen LogP contribution in [-0.4, -0.2) is 70.5 Å². The van der Waals surface area contributed by atoms with Gasteiger partial charge in [-0.2, -0.15) is 16.9 Å². The maximum Gasteiger partial charge on any atom is 0.254 e. The fourth-order valence-electron chi connectivity index (χ4n) is 4.18. The van der Waals surface area contributed by atoms with Crippen molar-refractivity contribution >= 4 is 17.7 Å². The number of morpholine rings is 1. The van der Waals surface area contributed by atoms with Crippen molar-refractivity contribution in [1.29, 1.82) is 0 Å². The first-order valence-corrected chi connectivity index (χ1v) is 11.3. The standard InChI is InChI=1S/C21H27FN4O2S/c1-2-19-18(13-24-26(19)17-5-3-16(22)4-6-17)20(27)23-14-21(7-12-29-15-21)25-8-10-28-11-9-25/h3-6,13H,2,7-12,14-15H2,1H3,(H,23,27). The average Bonchev–Trinajstić information content (AvgIpc) is 3.41. The monoisotopic (exact) mass is 418 g/mol. The Morgan fingerprint density at radius 3 is 2.72 bits per heavy atom. The summed E-state index contributed by atoms with van der Waals surface area (Å²) >= 11 is 1.95. The lowest BCUT2D eigenvalue weighted by Crippen LogP contribution is -2.59. The quantitative estimate of drug-likeness (QED) is 0.781. The SMILES string of the molecule is CCc1c(C(=O)NCC2(N3CCOCC3)CCSC2)cnn1-c1ccc(F)cc1. The molecule has 3 heterocycles. The fraction of sp³-hybridized carbons (Fsp3) is 0.524. The summed E-state index contributed by atoms with van der Waals surface area (Å²) in [5.74, 6) is 1.76. The van der Waals surface area contributed by atoms with Crippen molar-refractivity contribution in [2.24, 2.45) is 0 Å². The molecule has 2 aromatic rings. The molecule has 0 spiro atoms. The molecule has 0 saturated carbocycles. The fourth-order valence-corrected chi connectivity index (χ4v) is 5.66. The molecule has 156 valence electrons. The van der Waals surface area contributed by atoms with Gasteiger partial charge in [0.2, 0.25) is 0 Å². The Balaban J connectivity index is 1.50. The van der Waals surface area contributed by atoms with Crippen molar-refractivity contribution in [3.05, 3.63) is 47.5 Å². The number of nitrogens with zero attached hydrogens (tertiary/aromatic N) is 3. The average molecular weight is 419 g/mol. The predicted molar refractivity (Wildman–Crippen MR) is 112 cm³/mol. The van der Waals surface area contributed by atoms with Crippen molar-refractivity contribution < 1.29 is 13.9 Å². The van der Waals surface area contributed by atoms with Gasteiger partial charge in [-0.1, -0.05) is 6.92 Å². The van der Waals surface area contributed by atoms with E-state index in [9.17, 15) is 9.18 Å². The van der Waals surface area contributed by atoms with Crippen LogP contribution < -0.4 is 5.32 Å². The van der Waals surface area contributed by atoms with E-state index in [4.69, 9.17) is 4.74 Å². The van der Waals surface area contributed by atoms with E-state index in [0.29, 0.717) is 18.5 Å². The Morgan fingerprint density at radius 2 is 2.07 bits per heavy atom. The van der Waals surface area contributed by atoms with Gasteiger partial charge in [0.15, 0.2) is 0 Å². The highest BCUT2D eigenvalue weighted by molar-refractivity contribution is 7.99. The van der Waals surface area contributed by atoms with E-state index in [2.05, 4.69) is 15.3 Å². The third-order valence-electron chi connectivity index (χ3n) is 5.86. The second-order valence-electron chi connectivity index (χ2n) is 7.56. The van der Waals surface area contributed by atoms with Crippen molar-refractivity contribution in [2.75, 3.05) is 44.4 Å². The second-order valence-corrected chi connectivity index (χ2v) is 8.66. The summed E-state index contributed by atoms with van der Waals surface area (Å²) in [5, 5.41) is 7.58. The van der Waals surface area contributed by atoms with E-state index in [0.717, 1.165) is 55.6 Å². The molecule has 2 aliphatic rings. The van der Waals surface area contributed by atoms with Gasteiger partial charge in [0.25, 0.3) is 5.91 Å². The summed E-state index contributed by atoms with van der Waals surface area (Å²) in [6, 6.07) is 6.15. The zero-order valence-corrected chi connectivity index (χ0v) is 17.5. The molecule has 2 aliphatic heterocycles. The summed E-state index contributed by atoms with van der Waals surface area (Å²) in [6.07, 6.45) is 3.35. The molecule has 2 saturated heterocycles. The number of carbonyl (C=O) groups is 1. The van der Waals surface area contributed by atoms with E-state index in [-0.39, 0.29) is 17.3 Å². The van der Waals surface area contributed by atoms with Crippen LogP contribution in [0.5, 0.6) is 0 Å². The highest BCUT2D eigenvalue weighted by Gasteiger charge is 2.41. The van der Waals surface area contributed by atoms with E-state index in [1.54, 1.807) is 23.0 Å². The molecule has 1 N–H and O–H groups in total. The Morgan fingerprint density at radius 1 is 1.31 bits per heavy atom. The number of ether oxygens (including phenoxy) is 1. The molecular weight excluding hydrogens is 391 g/mol. The molecule has 1 atom stereocenters. The van der Waals surface area contributed by atoms with Gasteiger partial charge in [-0.3, -0.25) is 9.69 Å². The summed E-state index contributed by atoms with van der Waals surface area (Å²) in [4.78, 5) is 15.5. The molecule has 1 amide bonds. The second kappa shape index (κ2) is 8.85. The van der Waals surface area contributed by atoms with Gasteiger partial charge in [0.05, 0.1) is 36.4 Å². The minimum absolute atomic E-state index is 0.00341. The molecule has 8 heteroatoms. The number of hydrogen-bond donors (Lipinski definition) is 1.